The van der Waals surface area contributed by atoms with Crippen molar-refractivity contribution in [3.05, 3.63) is 29.8 Å². The number of hydrogen-bond acceptors (Lipinski definition) is 4. The number of amides is 2. The van der Waals surface area contributed by atoms with Gasteiger partial charge < -0.3 is 20.1 Å². The van der Waals surface area contributed by atoms with Gasteiger partial charge in [-0.25, -0.2) is 0 Å². The van der Waals surface area contributed by atoms with E-state index in [1.807, 2.05) is 0 Å². The van der Waals surface area contributed by atoms with Gasteiger partial charge in [-0.3, -0.25) is 9.59 Å². The lowest BCUT2D eigenvalue weighted by Crippen LogP contribution is -2.49. The van der Waals surface area contributed by atoms with Crippen LogP contribution >= 0.6 is 0 Å². The minimum Gasteiger partial charge on any atom is -0.373 e. The Morgan fingerprint density at radius 2 is 1.74 bits per heavy atom. The van der Waals surface area contributed by atoms with Crippen molar-refractivity contribution >= 4 is 17.5 Å². The van der Waals surface area contributed by atoms with Crippen LogP contribution in [0.4, 0.5) is 5.69 Å². The molecule has 1 heterocycles. The quantitative estimate of drug-likeness (QED) is 0.889. The van der Waals surface area contributed by atoms with Crippen LogP contribution in [0.1, 0.15) is 36.5 Å². The van der Waals surface area contributed by atoms with E-state index >= 15 is 0 Å². The van der Waals surface area contributed by atoms with Crippen LogP contribution in [0, 0.1) is 0 Å². The topological polar surface area (TPSA) is 76.7 Å². The van der Waals surface area contributed by atoms with Crippen LogP contribution in [-0.4, -0.2) is 43.3 Å². The number of nitrogens with one attached hydrogen (secondary N) is 2. The molecule has 1 saturated heterocycles. The van der Waals surface area contributed by atoms with Gasteiger partial charge in [0.1, 0.15) is 0 Å². The molecule has 2 N–H and O–H groups in total. The number of hydrogen-bond donors (Lipinski definition) is 2. The fourth-order valence-corrected chi connectivity index (χ4v) is 3.17. The van der Waals surface area contributed by atoms with E-state index in [-0.39, 0.29) is 30.1 Å². The standard InChI is InChI=1S/C17H22N2O4/c1-11(20)18-13-4-2-12(3-5-13)17(21)19-14-6-7-15-16(10-14)23-9-8-22-15/h2-5,14-16H,6-10H2,1H3,(H,18,20)(H,19,21)/t14-,15-,16-/m1/s1. The van der Waals surface area contributed by atoms with Crippen molar-refractivity contribution < 1.29 is 19.1 Å². The molecule has 6 nitrogen and oxygen atoms in total. The van der Waals surface area contributed by atoms with E-state index in [1.165, 1.54) is 6.92 Å². The first-order valence-electron chi connectivity index (χ1n) is 8.03. The van der Waals surface area contributed by atoms with Crippen LogP contribution in [0.5, 0.6) is 0 Å². The predicted molar refractivity (Wildman–Crippen MR) is 85.3 cm³/mol. The van der Waals surface area contributed by atoms with Crippen molar-refractivity contribution in [2.45, 2.75) is 44.4 Å². The molecule has 3 atom stereocenters. The van der Waals surface area contributed by atoms with Gasteiger partial charge in [-0.15, -0.1) is 0 Å². The van der Waals surface area contributed by atoms with Crippen LogP contribution < -0.4 is 10.6 Å². The van der Waals surface area contributed by atoms with Gasteiger partial charge in [-0.05, 0) is 43.5 Å². The number of ether oxygens (including phenoxy) is 2. The summed E-state index contributed by atoms with van der Waals surface area (Å²) in [5.41, 5.74) is 1.27. The molecule has 0 spiro atoms. The Bertz CT molecular complexity index is 572. The summed E-state index contributed by atoms with van der Waals surface area (Å²) in [5, 5.41) is 5.75. The molecule has 2 amide bonds. The largest absolute Gasteiger partial charge is 0.373 e. The van der Waals surface area contributed by atoms with E-state index in [1.54, 1.807) is 24.3 Å². The van der Waals surface area contributed by atoms with Crippen LogP contribution in [0.3, 0.4) is 0 Å². The Labute approximate surface area is 135 Å². The molecular formula is C17H22N2O4. The van der Waals surface area contributed by atoms with Crippen LogP contribution in [0.25, 0.3) is 0 Å². The number of anilines is 1. The Morgan fingerprint density at radius 3 is 2.43 bits per heavy atom. The van der Waals surface area contributed by atoms with Gasteiger partial charge in [0.15, 0.2) is 0 Å². The summed E-state index contributed by atoms with van der Waals surface area (Å²) in [5.74, 6) is -0.229. The van der Waals surface area contributed by atoms with E-state index in [9.17, 15) is 9.59 Å². The highest BCUT2D eigenvalue weighted by Gasteiger charge is 2.34. The molecule has 1 saturated carbocycles. The third-order valence-electron chi connectivity index (χ3n) is 4.28. The lowest BCUT2D eigenvalue weighted by Gasteiger charge is -2.39. The fourth-order valence-electron chi connectivity index (χ4n) is 3.17. The first-order chi connectivity index (χ1) is 11.1. The number of carbonyl (C=O) groups excluding carboxylic acids is 2. The van der Waals surface area contributed by atoms with E-state index in [0.29, 0.717) is 24.5 Å². The van der Waals surface area contributed by atoms with Gasteiger partial charge in [0.05, 0.1) is 25.4 Å². The van der Waals surface area contributed by atoms with E-state index in [0.717, 1.165) is 19.3 Å². The lowest BCUT2D eigenvalue weighted by molar-refractivity contribution is -0.157. The maximum atomic E-state index is 12.3. The summed E-state index contributed by atoms with van der Waals surface area (Å²) in [6.45, 7) is 2.75. The van der Waals surface area contributed by atoms with E-state index in [2.05, 4.69) is 10.6 Å². The summed E-state index contributed by atoms with van der Waals surface area (Å²) in [6, 6.07) is 7.00. The Balaban J connectivity index is 1.55. The molecule has 2 fully saturated rings. The SMILES string of the molecule is CC(=O)Nc1ccc(C(=O)N[C@@H]2CC[C@H]3OCCO[C@@H]3C2)cc1. The van der Waals surface area contributed by atoms with Gasteiger partial charge >= 0.3 is 0 Å². The maximum Gasteiger partial charge on any atom is 0.251 e. The van der Waals surface area contributed by atoms with Crippen molar-refractivity contribution in [2.24, 2.45) is 0 Å². The van der Waals surface area contributed by atoms with Crippen molar-refractivity contribution in [1.29, 1.82) is 0 Å². The minimum atomic E-state index is -0.131. The van der Waals surface area contributed by atoms with Crippen LogP contribution in [0.2, 0.25) is 0 Å². The third kappa shape index (κ3) is 4.09. The number of fused-ring (bicyclic) bond motifs is 1. The summed E-state index contributed by atoms with van der Waals surface area (Å²) in [7, 11) is 0. The minimum absolute atomic E-state index is 0.0879. The molecule has 1 aromatic carbocycles. The molecule has 3 rings (SSSR count). The van der Waals surface area contributed by atoms with Gasteiger partial charge in [-0.1, -0.05) is 0 Å². The van der Waals surface area contributed by atoms with Gasteiger partial charge in [0, 0.05) is 24.2 Å². The Hall–Kier alpha value is -1.92. The highest BCUT2D eigenvalue weighted by molar-refractivity contribution is 5.95. The highest BCUT2D eigenvalue weighted by atomic mass is 16.6. The second-order valence-electron chi connectivity index (χ2n) is 6.06. The third-order valence-corrected chi connectivity index (χ3v) is 4.28. The molecular weight excluding hydrogens is 296 g/mol. The summed E-state index contributed by atoms with van der Waals surface area (Å²) in [4.78, 5) is 23.3. The second kappa shape index (κ2) is 7.10. The molecule has 1 aliphatic carbocycles. The van der Waals surface area contributed by atoms with Crippen molar-refractivity contribution in [2.75, 3.05) is 18.5 Å². The Morgan fingerprint density at radius 1 is 1.04 bits per heavy atom. The predicted octanol–water partition coefficient (Wildman–Crippen LogP) is 1.71. The summed E-state index contributed by atoms with van der Waals surface area (Å²) < 4.78 is 11.4. The first-order valence-corrected chi connectivity index (χ1v) is 8.03. The smallest absolute Gasteiger partial charge is 0.251 e. The van der Waals surface area contributed by atoms with Crippen molar-refractivity contribution in [3.63, 3.8) is 0 Å². The average Bonchev–Trinajstić information content (AvgIpc) is 2.55. The lowest BCUT2D eigenvalue weighted by atomic mass is 9.89. The molecule has 0 unspecified atom stereocenters. The number of carbonyl (C=O) groups is 2. The van der Waals surface area contributed by atoms with E-state index in [4.69, 9.17) is 9.47 Å². The average molecular weight is 318 g/mol. The normalized spacial score (nSPS) is 26.9. The highest BCUT2D eigenvalue weighted by Crippen LogP contribution is 2.27. The van der Waals surface area contributed by atoms with Gasteiger partial charge in [-0.2, -0.15) is 0 Å². The number of benzene rings is 1. The fraction of sp³-hybridized carbons (Fsp3) is 0.529. The Kier molecular flexibility index (Phi) is 4.93. The molecule has 1 aliphatic heterocycles. The zero-order chi connectivity index (χ0) is 16.2. The van der Waals surface area contributed by atoms with Crippen LogP contribution in [-0.2, 0) is 14.3 Å². The van der Waals surface area contributed by atoms with Gasteiger partial charge in [0.2, 0.25) is 5.91 Å². The van der Waals surface area contributed by atoms with Gasteiger partial charge in [0.25, 0.3) is 5.91 Å². The number of rotatable bonds is 3. The molecule has 23 heavy (non-hydrogen) atoms. The van der Waals surface area contributed by atoms with E-state index < -0.39 is 0 Å². The van der Waals surface area contributed by atoms with Crippen molar-refractivity contribution in [3.8, 4) is 0 Å². The molecule has 0 bridgehead atoms. The molecule has 0 radical (unpaired) electrons. The van der Waals surface area contributed by atoms with Crippen molar-refractivity contribution in [1.82, 2.24) is 5.32 Å². The van der Waals surface area contributed by atoms with Crippen LogP contribution in [0.15, 0.2) is 24.3 Å². The summed E-state index contributed by atoms with van der Waals surface area (Å²) >= 11 is 0. The summed E-state index contributed by atoms with van der Waals surface area (Å²) in [6.07, 6.45) is 2.87. The molecule has 2 aliphatic rings. The second-order valence-corrected chi connectivity index (χ2v) is 6.06. The monoisotopic (exact) mass is 318 g/mol. The maximum absolute atomic E-state index is 12.3. The molecule has 6 heteroatoms. The molecule has 0 aromatic heterocycles. The zero-order valence-corrected chi connectivity index (χ0v) is 13.2. The molecule has 1 aromatic rings. The zero-order valence-electron chi connectivity index (χ0n) is 13.2. The molecule has 124 valence electrons. The first kappa shape index (κ1) is 16.0.